The molecule has 1 saturated heterocycles. The van der Waals surface area contributed by atoms with Gasteiger partial charge >= 0.3 is 0 Å². The van der Waals surface area contributed by atoms with E-state index in [0.29, 0.717) is 6.04 Å². The van der Waals surface area contributed by atoms with Crippen LogP contribution in [0, 0.1) is 5.92 Å². The van der Waals surface area contributed by atoms with E-state index in [1.165, 1.54) is 38.8 Å². The van der Waals surface area contributed by atoms with Crippen LogP contribution in [-0.4, -0.2) is 55.1 Å². The van der Waals surface area contributed by atoms with Gasteiger partial charge in [-0.2, -0.15) is 0 Å². The van der Waals surface area contributed by atoms with Gasteiger partial charge in [0, 0.05) is 38.3 Å². The lowest BCUT2D eigenvalue weighted by molar-refractivity contribution is 0.0195. The third kappa shape index (κ3) is 2.58. The molecule has 0 aromatic carbocycles. The molecule has 3 nitrogen and oxygen atoms in total. The van der Waals surface area contributed by atoms with Crippen molar-refractivity contribution in [2.24, 2.45) is 11.7 Å². The van der Waals surface area contributed by atoms with Gasteiger partial charge in [-0.05, 0) is 25.8 Å². The van der Waals surface area contributed by atoms with Gasteiger partial charge in [-0.1, -0.05) is 19.8 Å². The van der Waals surface area contributed by atoms with Crippen molar-refractivity contribution in [3.8, 4) is 0 Å². The van der Waals surface area contributed by atoms with Crippen molar-refractivity contribution in [3.05, 3.63) is 0 Å². The third-order valence-electron chi connectivity index (χ3n) is 4.50. The summed E-state index contributed by atoms with van der Waals surface area (Å²) in [5.41, 5.74) is 5.94. The molecule has 3 atom stereocenters. The first-order chi connectivity index (χ1) is 7.72. The number of nitrogens with two attached hydrogens (primary N) is 1. The van der Waals surface area contributed by atoms with E-state index in [-0.39, 0.29) is 0 Å². The molecular formula is C13H27N3. The highest BCUT2D eigenvalue weighted by Gasteiger charge is 2.33. The minimum absolute atomic E-state index is 0.587. The van der Waals surface area contributed by atoms with E-state index >= 15 is 0 Å². The molecule has 16 heavy (non-hydrogen) atoms. The summed E-state index contributed by atoms with van der Waals surface area (Å²) in [6.45, 7) is 6.82. The highest BCUT2D eigenvalue weighted by Crippen LogP contribution is 2.30. The number of likely N-dealkylation sites (N-methyl/N-ethyl adjacent to an activating group) is 1. The lowest BCUT2D eigenvalue weighted by Crippen LogP contribution is -2.59. The second-order valence-corrected chi connectivity index (χ2v) is 5.72. The van der Waals surface area contributed by atoms with Crippen LogP contribution in [0.3, 0.4) is 0 Å². The van der Waals surface area contributed by atoms with Crippen LogP contribution in [0.2, 0.25) is 0 Å². The van der Waals surface area contributed by atoms with Crippen LogP contribution >= 0.6 is 0 Å². The molecule has 2 N–H and O–H groups in total. The highest BCUT2D eigenvalue weighted by atomic mass is 15.3. The molecule has 0 amide bonds. The molecule has 1 aliphatic carbocycles. The molecule has 1 heterocycles. The van der Waals surface area contributed by atoms with E-state index in [0.717, 1.165) is 25.0 Å². The summed E-state index contributed by atoms with van der Waals surface area (Å²) in [5, 5.41) is 0. The Labute approximate surface area is 100.0 Å². The molecule has 2 rings (SSSR count). The van der Waals surface area contributed by atoms with Crippen LogP contribution < -0.4 is 5.73 Å². The summed E-state index contributed by atoms with van der Waals surface area (Å²) >= 11 is 0. The highest BCUT2D eigenvalue weighted by molar-refractivity contribution is 4.89. The van der Waals surface area contributed by atoms with Gasteiger partial charge in [0.1, 0.15) is 0 Å². The molecular weight excluding hydrogens is 198 g/mol. The van der Waals surface area contributed by atoms with Crippen molar-refractivity contribution in [1.29, 1.82) is 0 Å². The summed E-state index contributed by atoms with van der Waals surface area (Å²) in [6, 6.07) is 1.39. The molecule has 0 spiro atoms. The van der Waals surface area contributed by atoms with Gasteiger partial charge in [-0.3, -0.25) is 4.90 Å². The Bertz CT molecular complexity index is 219. The monoisotopic (exact) mass is 225 g/mol. The lowest BCUT2D eigenvalue weighted by atomic mass is 9.84. The Hall–Kier alpha value is -0.120. The van der Waals surface area contributed by atoms with Crippen molar-refractivity contribution >= 4 is 0 Å². The summed E-state index contributed by atoms with van der Waals surface area (Å²) < 4.78 is 0. The van der Waals surface area contributed by atoms with Gasteiger partial charge in [0.2, 0.25) is 0 Å². The minimum atomic E-state index is 0.587. The van der Waals surface area contributed by atoms with E-state index in [1.54, 1.807) is 0 Å². The zero-order chi connectivity index (χ0) is 11.5. The first kappa shape index (κ1) is 12.3. The Morgan fingerprint density at radius 1 is 1.19 bits per heavy atom. The molecule has 0 aromatic rings. The number of rotatable bonds is 2. The second-order valence-electron chi connectivity index (χ2n) is 5.72. The molecule has 3 unspecified atom stereocenters. The lowest BCUT2D eigenvalue weighted by Gasteiger charge is -2.47. The van der Waals surface area contributed by atoms with Gasteiger partial charge in [0.25, 0.3) is 0 Å². The van der Waals surface area contributed by atoms with Crippen LogP contribution in [0.1, 0.15) is 32.6 Å². The fourth-order valence-corrected chi connectivity index (χ4v) is 3.46. The minimum Gasteiger partial charge on any atom is -0.329 e. The van der Waals surface area contributed by atoms with E-state index < -0.39 is 0 Å². The zero-order valence-electron chi connectivity index (χ0n) is 10.9. The van der Waals surface area contributed by atoms with Gasteiger partial charge in [0.05, 0.1) is 0 Å². The Morgan fingerprint density at radius 3 is 2.62 bits per heavy atom. The standard InChI is InChI=1S/C13H27N3/c1-11-5-3-4-6-13(11)16-8-7-15(2)10-12(16)9-14/h11-13H,3-10,14H2,1-2H3. The maximum atomic E-state index is 5.94. The molecule has 3 heteroatoms. The third-order valence-corrected chi connectivity index (χ3v) is 4.50. The summed E-state index contributed by atoms with van der Waals surface area (Å²) in [6.07, 6.45) is 5.65. The largest absolute Gasteiger partial charge is 0.329 e. The van der Waals surface area contributed by atoms with Crippen LogP contribution in [0.5, 0.6) is 0 Å². The van der Waals surface area contributed by atoms with Crippen molar-refractivity contribution in [3.63, 3.8) is 0 Å². The molecule has 1 aliphatic heterocycles. The number of piperazine rings is 1. The predicted octanol–water partition coefficient (Wildman–Crippen LogP) is 1.14. The first-order valence-corrected chi connectivity index (χ1v) is 6.86. The maximum Gasteiger partial charge on any atom is 0.0349 e. The fourth-order valence-electron chi connectivity index (χ4n) is 3.46. The fraction of sp³-hybridized carbons (Fsp3) is 1.00. The van der Waals surface area contributed by atoms with Gasteiger partial charge in [-0.15, -0.1) is 0 Å². The van der Waals surface area contributed by atoms with Gasteiger partial charge in [0.15, 0.2) is 0 Å². The smallest absolute Gasteiger partial charge is 0.0349 e. The summed E-state index contributed by atoms with van der Waals surface area (Å²) in [5.74, 6) is 0.867. The van der Waals surface area contributed by atoms with Gasteiger partial charge < -0.3 is 10.6 Å². The molecule has 0 bridgehead atoms. The van der Waals surface area contributed by atoms with Crippen molar-refractivity contribution < 1.29 is 0 Å². The SMILES string of the molecule is CC1CCCCC1N1CCN(C)CC1CN. The molecule has 0 radical (unpaired) electrons. The Balaban J connectivity index is 2.00. The van der Waals surface area contributed by atoms with E-state index in [4.69, 9.17) is 5.73 Å². The quantitative estimate of drug-likeness (QED) is 0.765. The second kappa shape index (κ2) is 5.48. The molecule has 94 valence electrons. The maximum absolute atomic E-state index is 5.94. The van der Waals surface area contributed by atoms with Crippen LogP contribution in [-0.2, 0) is 0 Å². The van der Waals surface area contributed by atoms with Crippen molar-refractivity contribution in [2.75, 3.05) is 33.2 Å². The molecule has 0 aromatic heterocycles. The predicted molar refractivity (Wildman–Crippen MR) is 68.5 cm³/mol. The molecule has 2 aliphatic rings. The van der Waals surface area contributed by atoms with Crippen LogP contribution in [0.4, 0.5) is 0 Å². The van der Waals surface area contributed by atoms with Crippen molar-refractivity contribution in [1.82, 2.24) is 9.80 Å². The topological polar surface area (TPSA) is 32.5 Å². The van der Waals surface area contributed by atoms with E-state index in [2.05, 4.69) is 23.8 Å². The first-order valence-electron chi connectivity index (χ1n) is 6.86. The Morgan fingerprint density at radius 2 is 1.94 bits per heavy atom. The average molecular weight is 225 g/mol. The normalized spacial score (nSPS) is 38.8. The van der Waals surface area contributed by atoms with Crippen molar-refractivity contribution in [2.45, 2.75) is 44.7 Å². The number of hydrogen-bond acceptors (Lipinski definition) is 3. The van der Waals surface area contributed by atoms with E-state index in [1.807, 2.05) is 0 Å². The summed E-state index contributed by atoms with van der Waals surface area (Å²) in [7, 11) is 2.21. The molecule has 2 fully saturated rings. The molecule has 1 saturated carbocycles. The van der Waals surface area contributed by atoms with E-state index in [9.17, 15) is 0 Å². The van der Waals surface area contributed by atoms with Gasteiger partial charge in [-0.25, -0.2) is 0 Å². The van der Waals surface area contributed by atoms with Crippen LogP contribution in [0.15, 0.2) is 0 Å². The summed E-state index contributed by atoms with van der Waals surface area (Å²) in [4.78, 5) is 5.13. The number of hydrogen-bond donors (Lipinski definition) is 1. The van der Waals surface area contributed by atoms with Crippen LogP contribution in [0.25, 0.3) is 0 Å². The average Bonchev–Trinajstić information content (AvgIpc) is 2.30. The number of nitrogens with zero attached hydrogens (tertiary/aromatic N) is 2. The Kier molecular flexibility index (Phi) is 4.22. The zero-order valence-corrected chi connectivity index (χ0v) is 10.9.